The van der Waals surface area contributed by atoms with Gasteiger partial charge in [-0.15, -0.1) is 0 Å². The van der Waals surface area contributed by atoms with Crippen molar-refractivity contribution in [3.63, 3.8) is 0 Å². The second-order valence-corrected chi connectivity index (χ2v) is 4.85. The van der Waals surface area contributed by atoms with Crippen LogP contribution in [0.3, 0.4) is 0 Å². The quantitative estimate of drug-likeness (QED) is 0.787. The van der Waals surface area contributed by atoms with E-state index in [1.807, 2.05) is 37.3 Å². The van der Waals surface area contributed by atoms with E-state index in [0.29, 0.717) is 12.1 Å². The number of aromatic nitrogens is 1. The van der Waals surface area contributed by atoms with Crippen molar-refractivity contribution in [3.8, 4) is 0 Å². The summed E-state index contributed by atoms with van der Waals surface area (Å²) in [7, 11) is 0. The molecule has 1 heterocycles. The molecule has 0 bridgehead atoms. The van der Waals surface area contributed by atoms with Crippen molar-refractivity contribution in [2.24, 2.45) is 0 Å². The predicted octanol–water partition coefficient (Wildman–Crippen LogP) is 2.12. The maximum atomic E-state index is 11.9. The zero-order valence-electron chi connectivity index (χ0n) is 11.9. The molecule has 0 radical (unpaired) electrons. The summed E-state index contributed by atoms with van der Waals surface area (Å²) in [4.78, 5) is 16.0. The van der Waals surface area contributed by atoms with E-state index in [0.717, 1.165) is 11.3 Å². The summed E-state index contributed by atoms with van der Waals surface area (Å²) in [6.07, 6.45) is 2.22. The molecule has 5 nitrogen and oxygen atoms in total. The minimum absolute atomic E-state index is 0.113. The largest absolute Gasteiger partial charge is 0.394 e. The first kappa shape index (κ1) is 15.0. The fourth-order valence-electron chi connectivity index (χ4n) is 2.04. The van der Waals surface area contributed by atoms with Crippen molar-refractivity contribution < 1.29 is 9.90 Å². The molecule has 0 saturated carbocycles. The lowest BCUT2D eigenvalue weighted by Crippen LogP contribution is -2.41. The number of urea groups is 1. The van der Waals surface area contributed by atoms with E-state index in [-0.39, 0.29) is 18.7 Å². The molecule has 1 atom stereocenters. The van der Waals surface area contributed by atoms with Gasteiger partial charge in [-0.3, -0.25) is 4.98 Å². The van der Waals surface area contributed by atoms with E-state index in [2.05, 4.69) is 15.6 Å². The number of carbonyl (C=O) groups excluding carboxylic acids is 1. The van der Waals surface area contributed by atoms with Gasteiger partial charge in [0.15, 0.2) is 0 Å². The number of aliphatic hydroxyl groups excluding tert-OH is 1. The van der Waals surface area contributed by atoms with Crippen LogP contribution < -0.4 is 10.6 Å². The van der Waals surface area contributed by atoms with E-state index in [9.17, 15) is 9.90 Å². The van der Waals surface area contributed by atoms with Crippen molar-refractivity contribution in [2.75, 3.05) is 11.9 Å². The standard InChI is InChI=1S/C16H19N3O2/c1-12-9-14(7-8-17-12)18-16(21)19-15(11-20)10-13-5-3-2-4-6-13/h2-9,15,20H,10-11H2,1H3,(H2,17,18,19,21)/t15-/m1/s1. The average Bonchev–Trinajstić information content (AvgIpc) is 2.47. The Balaban J connectivity index is 1.90. The zero-order chi connectivity index (χ0) is 15.1. The number of amides is 2. The Hall–Kier alpha value is -2.40. The Kier molecular flexibility index (Phi) is 5.29. The zero-order valence-corrected chi connectivity index (χ0v) is 11.9. The number of anilines is 1. The maximum absolute atomic E-state index is 11.9. The maximum Gasteiger partial charge on any atom is 0.319 e. The molecular weight excluding hydrogens is 266 g/mol. The van der Waals surface area contributed by atoms with Gasteiger partial charge in [-0.1, -0.05) is 30.3 Å². The number of nitrogens with zero attached hydrogens (tertiary/aromatic N) is 1. The Morgan fingerprint density at radius 3 is 2.71 bits per heavy atom. The van der Waals surface area contributed by atoms with Gasteiger partial charge >= 0.3 is 6.03 Å². The molecule has 21 heavy (non-hydrogen) atoms. The number of nitrogens with one attached hydrogen (secondary N) is 2. The van der Waals surface area contributed by atoms with Gasteiger partial charge in [-0.05, 0) is 31.0 Å². The summed E-state index contributed by atoms with van der Waals surface area (Å²) in [6, 6.07) is 12.6. The first-order valence-corrected chi connectivity index (χ1v) is 6.82. The van der Waals surface area contributed by atoms with Crippen LogP contribution in [0, 0.1) is 6.92 Å². The molecule has 2 rings (SSSR count). The van der Waals surface area contributed by atoms with Crippen LogP contribution in [0.4, 0.5) is 10.5 Å². The summed E-state index contributed by atoms with van der Waals surface area (Å²) in [6.45, 7) is 1.74. The van der Waals surface area contributed by atoms with Gasteiger partial charge < -0.3 is 15.7 Å². The molecule has 3 N–H and O–H groups in total. The number of aliphatic hydroxyl groups is 1. The molecular formula is C16H19N3O2. The van der Waals surface area contributed by atoms with E-state index >= 15 is 0 Å². The van der Waals surface area contributed by atoms with Gasteiger partial charge in [-0.2, -0.15) is 0 Å². The summed E-state index contributed by atoms with van der Waals surface area (Å²) < 4.78 is 0. The minimum Gasteiger partial charge on any atom is -0.394 e. The molecule has 0 aliphatic heterocycles. The molecule has 0 unspecified atom stereocenters. The highest BCUT2D eigenvalue weighted by Crippen LogP contribution is 2.07. The van der Waals surface area contributed by atoms with Crippen LogP contribution in [-0.4, -0.2) is 28.8 Å². The highest BCUT2D eigenvalue weighted by Gasteiger charge is 2.12. The molecule has 0 saturated heterocycles. The first-order chi connectivity index (χ1) is 10.2. The normalized spacial score (nSPS) is 11.7. The van der Waals surface area contributed by atoms with Crippen molar-refractivity contribution in [3.05, 3.63) is 59.9 Å². The predicted molar refractivity (Wildman–Crippen MR) is 82.1 cm³/mol. The fourth-order valence-corrected chi connectivity index (χ4v) is 2.04. The Bertz CT molecular complexity index is 587. The van der Waals surface area contributed by atoms with Crippen LogP contribution in [0.25, 0.3) is 0 Å². The summed E-state index contributed by atoms with van der Waals surface area (Å²) >= 11 is 0. The third kappa shape index (κ3) is 4.89. The molecule has 0 aliphatic rings. The van der Waals surface area contributed by atoms with E-state index < -0.39 is 0 Å². The summed E-state index contributed by atoms with van der Waals surface area (Å²) in [5.41, 5.74) is 2.57. The highest BCUT2D eigenvalue weighted by molar-refractivity contribution is 5.89. The number of rotatable bonds is 5. The second kappa shape index (κ2) is 7.40. The molecule has 1 aromatic heterocycles. The third-order valence-electron chi connectivity index (χ3n) is 3.04. The molecule has 2 amide bonds. The molecule has 1 aromatic carbocycles. The number of benzene rings is 1. The van der Waals surface area contributed by atoms with Crippen LogP contribution >= 0.6 is 0 Å². The van der Waals surface area contributed by atoms with Gasteiger partial charge in [0.2, 0.25) is 0 Å². The van der Waals surface area contributed by atoms with E-state index in [4.69, 9.17) is 0 Å². The van der Waals surface area contributed by atoms with Crippen molar-refractivity contribution in [1.29, 1.82) is 0 Å². The van der Waals surface area contributed by atoms with Crippen LogP contribution in [0.5, 0.6) is 0 Å². The molecule has 110 valence electrons. The Labute approximate surface area is 124 Å². The lowest BCUT2D eigenvalue weighted by molar-refractivity contribution is 0.224. The lowest BCUT2D eigenvalue weighted by Gasteiger charge is -2.17. The van der Waals surface area contributed by atoms with Crippen LogP contribution in [-0.2, 0) is 6.42 Å². The van der Waals surface area contributed by atoms with E-state index in [1.165, 1.54) is 0 Å². The number of hydrogen-bond acceptors (Lipinski definition) is 3. The third-order valence-corrected chi connectivity index (χ3v) is 3.04. The van der Waals surface area contributed by atoms with Crippen molar-refractivity contribution in [1.82, 2.24) is 10.3 Å². The minimum atomic E-state index is -0.337. The smallest absolute Gasteiger partial charge is 0.319 e. The summed E-state index contributed by atoms with van der Waals surface area (Å²) in [5.74, 6) is 0. The average molecular weight is 285 g/mol. The van der Waals surface area contributed by atoms with Gasteiger partial charge in [0, 0.05) is 17.6 Å². The van der Waals surface area contributed by atoms with Crippen LogP contribution in [0.15, 0.2) is 48.7 Å². The molecule has 2 aromatic rings. The number of hydrogen-bond donors (Lipinski definition) is 3. The first-order valence-electron chi connectivity index (χ1n) is 6.82. The second-order valence-electron chi connectivity index (χ2n) is 4.85. The molecule has 0 spiro atoms. The topological polar surface area (TPSA) is 74.2 Å². The molecule has 5 heteroatoms. The highest BCUT2D eigenvalue weighted by atomic mass is 16.3. The summed E-state index contributed by atoms with van der Waals surface area (Å²) in [5, 5.41) is 14.9. The van der Waals surface area contributed by atoms with Crippen LogP contribution in [0.2, 0.25) is 0 Å². The SMILES string of the molecule is Cc1cc(NC(=O)N[C@@H](CO)Cc2ccccc2)ccn1. The molecule has 0 aliphatic carbocycles. The number of pyridine rings is 1. The van der Waals surface area contributed by atoms with Gasteiger partial charge in [0.05, 0.1) is 12.6 Å². The number of aryl methyl sites for hydroxylation is 1. The molecule has 0 fully saturated rings. The lowest BCUT2D eigenvalue weighted by atomic mass is 10.1. The van der Waals surface area contributed by atoms with Gasteiger partial charge in [-0.25, -0.2) is 4.79 Å². The van der Waals surface area contributed by atoms with Crippen LogP contribution in [0.1, 0.15) is 11.3 Å². The van der Waals surface area contributed by atoms with Crippen molar-refractivity contribution in [2.45, 2.75) is 19.4 Å². The fraction of sp³-hybridized carbons (Fsp3) is 0.250. The van der Waals surface area contributed by atoms with Gasteiger partial charge in [0.1, 0.15) is 0 Å². The van der Waals surface area contributed by atoms with E-state index in [1.54, 1.807) is 18.3 Å². The Morgan fingerprint density at radius 1 is 1.29 bits per heavy atom. The monoisotopic (exact) mass is 285 g/mol. The Morgan fingerprint density at radius 2 is 2.05 bits per heavy atom. The van der Waals surface area contributed by atoms with Gasteiger partial charge in [0.25, 0.3) is 0 Å². The van der Waals surface area contributed by atoms with Crippen molar-refractivity contribution >= 4 is 11.7 Å². The number of carbonyl (C=O) groups is 1.